The van der Waals surface area contributed by atoms with Crippen LogP contribution in [0.5, 0.6) is 0 Å². The molecule has 1 heterocycles. The third-order valence-electron chi connectivity index (χ3n) is 2.14. The summed E-state index contributed by atoms with van der Waals surface area (Å²) in [5.74, 6) is 0. The normalized spacial score (nSPS) is 9.65. The second-order valence-electron chi connectivity index (χ2n) is 3.16. The van der Waals surface area contributed by atoms with Gasteiger partial charge in [-0.2, -0.15) is 4.99 Å². The summed E-state index contributed by atoms with van der Waals surface area (Å²) in [7, 11) is 0. The van der Waals surface area contributed by atoms with Gasteiger partial charge in [0.2, 0.25) is 6.08 Å². The summed E-state index contributed by atoms with van der Waals surface area (Å²) in [6, 6.07) is 8.35. The number of nitrogens with one attached hydrogen (secondary N) is 1. The third-order valence-corrected chi connectivity index (χ3v) is 2.14. The van der Waals surface area contributed by atoms with Crippen molar-refractivity contribution in [2.45, 2.75) is 0 Å². The van der Waals surface area contributed by atoms with Crippen LogP contribution in [-0.2, 0) is 4.79 Å². The van der Waals surface area contributed by atoms with Crippen molar-refractivity contribution < 1.29 is 4.79 Å². The van der Waals surface area contributed by atoms with E-state index in [9.17, 15) is 14.4 Å². The highest BCUT2D eigenvalue weighted by atomic mass is 16.2. The number of aromatic amines is 1. The Hall–Kier alpha value is -2.72. The molecule has 2 aromatic rings. The topological polar surface area (TPSA) is 84.3 Å². The van der Waals surface area contributed by atoms with Crippen LogP contribution >= 0.6 is 0 Å². The van der Waals surface area contributed by atoms with E-state index in [2.05, 4.69) is 9.98 Å². The molecule has 17 heavy (non-hydrogen) atoms. The number of H-pyrrole nitrogens is 1. The standard InChI is InChI=1S/C11H7N3O3/c15-7-13-9-6-12-11(17)14(10(9)16)8-4-2-1-3-5-8/h1-6H,(H,12,17). The molecule has 0 unspecified atom stereocenters. The molecule has 1 aromatic carbocycles. The van der Waals surface area contributed by atoms with Gasteiger partial charge in [0.05, 0.1) is 5.69 Å². The van der Waals surface area contributed by atoms with E-state index in [1.165, 1.54) is 6.08 Å². The van der Waals surface area contributed by atoms with E-state index in [0.29, 0.717) is 5.69 Å². The van der Waals surface area contributed by atoms with E-state index in [1.807, 2.05) is 0 Å². The van der Waals surface area contributed by atoms with E-state index in [1.54, 1.807) is 30.3 Å². The molecule has 0 aliphatic rings. The summed E-state index contributed by atoms with van der Waals surface area (Å²) in [6.45, 7) is 0. The Morgan fingerprint density at radius 3 is 2.53 bits per heavy atom. The van der Waals surface area contributed by atoms with Gasteiger partial charge in [-0.05, 0) is 12.1 Å². The molecule has 2 rings (SSSR count). The van der Waals surface area contributed by atoms with Crippen molar-refractivity contribution in [3.05, 3.63) is 57.4 Å². The molecule has 0 fully saturated rings. The van der Waals surface area contributed by atoms with Crippen LogP contribution in [0.15, 0.2) is 51.1 Å². The zero-order valence-electron chi connectivity index (χ0n) is 8.58. The van der Waals surface area contributed by atoms with Crippen LogP contribution in [0.2, 0.25) is 0 Å². The molecule has 84 valence electrons. The van der Waals surface area contributed by atoms with Gasteiger partial charge in [0.1, 0.15) is 0 Å². The predicted octanol–water partition coefficient (Wildman–Crippen LogP) is 0.493. The quantitative estimate of drug-likeness (QED) is 0.600. The van der Waals surface area contributed by atoms with Gasteiger partial charge < -0.3 is 4.98 Å². The van der Waals surface area contributed by atoms with Crippen LogP contribution in [0.1, 0.15) is 0 Å². The first kappa shape index (κ1) is 10.8. The summed E-state index contributed by atoms with van der Waals surface area (Å²) in [5, 5.41) is 0. The van der Waals surface area contributed by atoms with E-state index < -0.39 is 11.2 Å². The Morgan fingerprint density at radius 2 is 1.88 bits per heavy atom. The van der Waals surface area contributed by atoms with Gasteiger partial charge in [0.15, 0.2) is 5.69 Å². The van der Waals surface area contributed by atoms with Gasteiger partial charge >= 0.3 is 5.69 Å². The Morgan fingerprint density at radius 1 is 1.18 bits per heavy atom. The van der Waals surface area contributed by atoms with E-state index >= 15 is 0 Å². The fourth-order valence-electron chi connectivity index (χ4n) is 1.40. The molecule has 1 aromatic heterocycles. The second kappa shape index (κ2) is 4.42. The Kier molecular flexibility index (Phi) is 2.81. The van der Waals surface area contributed by atoms with Crippen molar-refractivity contribution in [2.75, 3.05) is 0 Å². The number of para-hydroxylation sites is 1. The van der Waals surface area contributed by atoms with Crippen LogP contribution < -0.4 is 11.2 Å². The van der Waals surface area contributed by atoms with Gasteiger partial charge in [-0.15, -0.1) is 0 Å². The highest BCUT2D eigenvalue weighted by molar-refractivity contribution is 5.47. The fourth-order valence-corrected chi connectivity index (χ4v) is 1.40. The molecule has 0 atom stereocenters. The predicted molar refractivity (Wildman–Crippen MR) is 60.4 cm³/mol. The number of isocyanates is 1. The lowest BCUT2D eigenvalue weighted by Gasteiger charge is -2.03. The maximum Gasteiger partial charge on any atom is 0.333 e. The lowest BCUT2D eigenvalue weighted by atomic mass is 10.3. The molecular formula is C11H7N3O3. The van der Waals surface area contributed by atoms with Crippen LogP contribution in [0.3, 0.4) is 0 Å². The number of hydrogen-bond donors (Lipinski definition) is 1. The van der Waals surface area contributed by atoms with Crippen molar-refractivity contribution in [3.63, 3.8) is 0 Å². The lowest BCUT2D eigenvalue weighted by Crippen LogP contribution is -2.32. The lowest BCUT2D eigenvalue weighted by molar-refractivity contribution is 0.565. The number of aromatic nitrogens is 2. The number of nitrogens with zero attached hydrogens (tertiary/aromatic N) is 2. The van der Waals surface area contributed by atoms with Crippen molar-refractivity contribution in [3.8, 4) is 5.69 Å². The van der Waals surface area contributed by atoms with Crippen LogP contribution in [-0.4, -0.2) is 15.6 Å². The van der Waals surface area contributed by atoms with Crippen LogP contribution in [0.4, 0.5) is 5.69 Å². The minimum atomic E-state index is -0.664. The van der Waals surface area contributed by atoms with Crippen LogP contribution in [0.25, 0.3) is 5.69 Å². The van der Waals surface area contributed by atoms with Gasteiger partial charge in [-0.1, -0.05) is 18.2 Å². The van der Waals surface area contributed by atoms with Gasteiger partial charge in [0.25, 0.3) is 5.56 Å². The number of benzene rings is 1. The van der Waals surface area contributed by atoms with Crippen molar-refractivity contribution >= 4 is 11.8 Å². The Labute approximate surface area is 94.9 Å². The first-order valence-electron chi connectivity index (χ1n) is 4.72. The highest BCUT2D eigenvalue weighted by Gasteiger charge is 2.07. The average molecular weight is 229 g/mol. The summed E-state index contributed by atoms with van der Waals surface area (Å²) < 4.78 is 0.899. The molecular weight excluding hydrogens is 222 g/mol. The molecule has 1 N–H and O–H groups in total. The summed E-state index contributed by atoms with van der Waals surface area (Å²) in [4.78, 5) is 39.1. The maximum atomic E-state index is 11.9. The largest absolute Gasteiger partial charge is 0.333 e. The molecule has 6 nitrogen and oxygen atoms in total. The molecule has 0 bridgehead atoms. The fraction of sp³-hybridized carbons (Fsp3) is 0. The molecule has 0 radical (unpaired) electrons. The number of aliphatic imine (C=N–C) groups is 1. The SMILES string of the molecule is O=C=Nc1c[nH]c(=O)n(-c2ccccc2)c1=O. The summed E-state index contributed by atoms with van der Waals surface area (Å²) in [5.41, 5.74) is -1.01. The average Bonchev–Trinajstić information content (AvgIpc) is 2.35. The monoisotopic (exact) mass is 229 g/mol. The minimum Gasteiger partial charge on any atom is -0.311 e. The molecule has 0 aliphatic carbocycles. The number of rotatable bonds is 2. The van der Waals surface area contributed by atoms with E-state index in [4.69, 9.17) is 0 Å². The Balaban J connectivity index is 2.78. The first-order valence-corrected chi connectivity index (χ1v) is 4.72. The minimum absolute atomic E-state index is 0.163. The highest BCUT2D eigenvalue weighted by Crippen LogP contribution is 2.03. The Bertz CT molecular complexity index is 694. The van der Waals surface area contributed by atoms with Crippen molar-refractivity contribution in [1.29, 1.82) is 0 Å². The van der Waals surface area contributed by atoms with E-state index in [-0.39, 0.29) is 5.69 Å². The maximum absolute atomic E-state index is 11.9. The summed E-state index contributed by atoms with van der Waals surface area (Å²) in [6.07, 6.45) is 2.34. The molecule has 0 amide bonds. The van der Waals surface area contributed by atoms with Gasteiger partial charge in [0, 0.05) is 6.20 Å². The first-order chi connectivity index (χ1) is 8.24. The zero-order valence-corrected chi connectivity index (χ0v) is 8.58. The van der Waals surface area contributed by atoms with E-state index in [0.717, 1.165) is 10.8 Å². The smallest absolute Gasteiger partial charge is 0.311 e. The molecule has 0 saturated carbocycles. The molecule has 0 spiro atoms. The van der Waals surface area contributed by atoms with Crippen LogP contribution in [0, 0.1) is 0 Å². The number of carbonyl (C=O) groups excluding carboxylic acids is 1. The second-order valence-corrected chi connectivity index (χ2v) is 3.16. The zero-order chi connectivity index (χ0) is 12.3. The molecule has 6 heteroatoms. The number of hydrogen-bond acceptors (Lipinski definition) is 4. The molecule has 0 saturated heterocycles. The van der Waals surface area contributed by atoms with Crippen molar-refractivity contribution in [1.82, 2.24) is 9.55 Å². The van der Waals surface area contributed by atoms with Crippen molar-refractivity contribution in [2.24, 2.45) is 4.99 Å². The van der Waals surface area contributed by atoms with Gasteiger partial charge in [-0.25, -0.2) is 14.2 Å². The summed E-state index contributed by atoms with van der Waals surface area (Å²) >= 11 is 0. The third kappa shape index (κ3) is 1.97. The van der Waals surface area contributed by atoms with Gasteiger partial charge in [-0.3, -0.25) is 4.79 Å². The molecule has 0 aliphatic heterocycles.